The molecule has 0 spiro atoms. The maximum Gasteiger partial charge on any atom is 0.148 e. The number of hydrogen-bond acceptors (Lipinski definition) is 2. The Morgan fingerprint density at radius 3 is 2.38 bits per heavy atom. The molecule has 2 nitrogen and oxygen atoms in total. The van der Waals surface area contributed by atoms with Gasteiger partial charge in [0.15, 0.2) is 0 Å². The van der Waals surface area contributed by atoms with Crippen molar-refractivity contribution in [3.63, 3.8) is 0 Å². The molecule has 1 aliphatic heterocycles. The second-order valence-corrected chi connectivity index (χ2v) is 5.24. The Bertz CT molecular complexity index is 383. The summed E-state index contributed by atoms with van der Waals surface area (Å²) in [5.74, 6) is 0.354. The summed E-state index contributed by atoms with van der Waals surface area (Å²) in [5, 5.41) is 0. The summed E-state index contributed by atoms with van der Waals surface area (Å²) in [6, 6.07) is 10.7. The molecule has 1 aromatic carbocycles. The fraction of sp³-hybridized carbons (Fsp3) is 0.500. The van der Waals surface area contributed by atoms with E-state index >= 15 is 0 Å². The van der Waals surface area contributed by atoms with Crippen molar-refractivity contribution >= 4 is 5.78 Å². The summed E-state index contributed by atoms with van der Waals surface area (Å²) < 4.78 is 0. The predicted octanol–water partition coefficient (Wildman–Crippen LogP) is 2.80. The van der Waals surface area contributed by atoms with Crippen LogP contribution in [-0.4, -0.2) is 22.8 Å². The minimum absolute atomic E-state index is 0.00760. The molecule has 1 saturated heterocycles. The first-order valence-corrected chi connectivity index (χ1v) is 5.84. The second-order valence-electron chi connectivity index (χ2n) is 5.24. The quantitative estimate of drug-likeness (QED) is 0.759. The highest BCUT2D eigenvalue weighted by Gasteiger charge is 2.39. The van der Waals surface area contributed by atoms with E-state index in [-0.39, 0.29) is 5.54 Å². The molecule has 0 saturated carbocycles. The number of rotatable bonds is 2. The Morgan fingerprint density at radius 2 is 1.88 bits per heavy atom. The largest absolute Gasteiger partial charge is 0.298 e. The van der Waals surface area contributed by atoms with Gasteiger partial charge in [0.2, 0.25) is 0 Å². The lowest BCUT2D eigenvalue weighted by Gasteiger charge is -2.36. The standard InChI is InChI=1S/C14H19NO/c1-11(12-7-5-4-6-8-12)15-10-13(16)9-14(15,2)3/h4-8,11H,9-10H2,1-3H3. The minimum atomic E-state index is -0.00760. The average molecular weight is 217 g/mol. The van der Waals surface area contributed by atoms with Gasteiger partial charge in [0.25, 0.3) is 0 Å². The van der Waals surface area contributed by atoms with Crippen molar-refractivity contribution in [2.45, 2.75) is 38.8 Å². The molecule has 16 heavy (non-hydrogen) atoms. The molecule has 0 N–H and O–H groups in total. The van der Waals surface area contributed by atoms with Gasteiger partial charge >= 0.3 is 0 Å². The number of nitrogens with zero attached hydrogens (tertiary/aromatic N) is 1. The SMILES string of the molecule is CC(c1ccccc1)N1CC(=O)CC1(C)C. The van der Waals surface area contributed by atoms with Crippen molar-refractivity contribution in [3.05, 3.63) is 35.9 Å². The van der Waals surface area contributed by atoms with Gasteiger partial charge in [-0.3, -0.25) is 9.69 Å². The number of hydrogen-bond donors (Lipinski definition) is 0. The highest BCUT2D eigenvalue weighted by molar-refractivity contribution is 5.84. The minimum Gasteiger partial charge on any atom is -0.298 e. The van der Waals surface area contributed by atoms with E-state index in [2.05, 4.69) is 49.9 Å². The van der Waals surface area contributed by atoms with Crippen LogP contribution in [0.1, 0.15) is 38.8 Å². The van der Waals surface area contributed by atoms with Crippen LogP contribution in [0.5, 0.6) is 0 Å². The summed E-state index contributed by atoms with van der Waals surface area (Å²) in [6.45, 7) is 7.06. The van der Waals surface area contributed by atoms with Crippen LogP contribution in [0.4, 0.5) is 0 Å². The second kappa shape index (κ2) is 4.02. The zero-order valence-electron chi connectivity index (χ0n) is 10.2. The molecule has 1 heterocycles. The van der Waals surface area contributed by atoms with Crippen LogP contribution in [0.25, 0.3) is 0 Å². The van der Waals surface area contributed by atoms with Gasteiger partial charge in [-0.05, 0) is 26.3 Å². The fourth-order valence-electron chi connectivity index (χ4n) is 2.62. The Kier molecular flexibility index (Phi) is 2.85. The first-order chi connectivity index (χ1) is 7.50. The highest BCUT2D eigenvalue weighted by atomic mass is 16.1. The van der Waals surface area contributed by atoms with Gasteiger partial charge in [-0.15, -0.1) is 0 Å². The maximum absolute atomic E-state index is 11.6. The van der Waals surface area contributed by atoms with Gasteiger partial charge < -0.3 is 0 Å². The summed E-state index contributed by atoms with van der Waals surface area (Å²) in [5.41, 5.74) is 1.28. The molecule has 2 rings (SSSR count). The van der Waals surface area contributed by atoms with E-state index in [9.17, 15) is 4.79 Å². The number of carbonyl (C=O) groups excluding carboxylic acids is 1. The third-order valence-corrected chi connectivity index (χ3v) is 3.50. The lowest BCUT2D eigenvalue weighted by Crippen LogP contribution is -2.39. The molecule has 2 heteroatoms. The fourth-order valence-corrected chi connectivity index (χ4v) is 2.62. The van der Waals surface area contributed by atoms with Crippen molar-refractivity contribution in [1.82, 2.24) is 4.90 Å². The van der Waals surface area contributed by atoms with Crippen LogP contribution in [0.3, 0.4) is 0 Å². The van der Waals surface area contributed by atoms with Crippen LogP contribution in [0.15, 0.2) is 30.3 Å². The van der Waals surface area contributed by atoms with E-state index in [1.54, 1.807) is 0 Å². The summed E-state index contributed by atoms with van der Waals surface area (Å²) in [4.78, 5) is 13.9. The van der Waals surface area contributed by atoms with Crippen LogP contribution in [0, 0.1) is 0 Å². The van der Waals surface area contributed by atoms with Gasteiger partial charge in [-0.25, -0.2) is 0 Å². The Balaban J connectivity index is 2.23. The predicted molar refractivity (Wildman–Crippen MR) is 65.3 cm³/mol. The Morgan fingerprint density at radius 1 is 1.25 bits per heavy atom. The average Bonchev–Trinajstić information content (AvgIpc) is 2.52. The number of benzene rings is 1. The molecule has 1 fully saturated rings. The molecule has 86 valence electrons. The Labute approximate surface area is 97.3 Å². The maximum atomic E-state index is 11.6. The first kappa shape index (κ1) is 11.3. The number of likely N-dealkylation sites (tertiary alicyclic amines) is 1. The zero-order chi connectivity index (χ0) is 11.8. The monoisotopic (exact) mass is 217 g/mol. The topological polar surface area (TPSA) is 20.3 Å². The van der Waals surface area contributed by atoms with Crippen molar-refractivity contribution in [2.75, 3.05) is 6.54 Å². The molecule has 0 bridgehead atoms. The third kappa shape index (κ3) is 2.03. The van der Waals surface area contributed by atoms with Crippen molar-refractivity contribution in [3.8, 4) is 0 Å². The van der Waals surface area contributed by atoms with E-state index in [0.717, 1.165) is 0 Å². The van der Waals surface area contributed by atoms with Gasteiger partial charge in [0.1, 0.15) is 5.78 Å². The van der Waals surface area contributed by atoms with Crippen LogP contribution in [-0.2, 0) is 4.79 Å². The van der Waals surface area contributed by atoms with Gasteiger partial charge in [0, 0.05) is 18.0 Å². The van der Waals surface area contributed by atoms with Gasteiger partial charge in [0.05, 0.1) is 6.54 Å². The first-order valence-electron chi connectivity index (χ1n) is 5.84. The number of ketones is 1. The smallest absolute Gasteiger partial charge is 0.148 e. The molecular formula is C14H19NO. The summed E-state index contributed by atoms with van der Waals surface area (Å²) in [6.07, 6.45) is 0.671. The van der Waals surface area contributed by atoms with Crippen molar-refractivity contribution in [1.29, 1.82) is 0 Å². The Hall–Kier alpha value is -1.15. The van der Waals surface area contributed by atoms with E-state index < -0.39 is 0 Å². The molecule has 0 radical (unpaired) electrons. The van der Waals surface area contributed by atoms with E-state index in [1.165, 1.54) is 5.56 Å². The summed E-state index contributed by atoms with van der Waals surface area (Å²) in [7, 11) is 0. The molecule has 0 amide bonds. The van der Waals surface area contributed by atoms with Crippen LogP contribution in [0.2, 0.25) is 0 Å². The van der Waals surface area contributed by atoms with E-state index in [4.69, 9.17) is 0 Å². The van der Waals surface area contributed by atoms with Crippen LogP contribution < -0.4 is 0 Å². The van der Waals surface area contributed by atoms with Crippen molar-refractivity contribution < 1.29 is 4.79 Å². The highest BCUT2D eigenvalue weighted by Crippen LogP contribution is 2.34. The van der Waals surface area contributed by atoms with E-state index in [1.807, 2.05) is 6.07 Å². The molecular weight excluding hydrogens is 198 g/mol. The molecule has 0 aromatic heterocycles. The molecule has 1 atom stereocenters. The summed E-state index contributed by atoms with van der Waals surface area (Å²) >= 11 is 0. The van der Waals surface area contributed by atoms with Crippen molar-refractivity contribution in [2.24, 2.45) is 0 Å². The molecule has 1 unspecified atom stereocenters. The lowest BCUT2D eigenvalue weighted by molar-refractivity contribution is -0.117. The molecule has 0 aliphatic carbocycles. The zero-order valence-corrected chi connectivity index (χ0v) is 10.2. The number of Topliss-reactive ketones (excluding diaryl/α,β-unsaturated/α-hetero) is 1. The van der Waals surface area contributed by atoms with E-state index in [0.29, 0.717) is 24.8 Å². The normalized spacial score (nSPS) is 22.3. The van der Waals surface area contributed by atoms with Crippen LogP contribution >= 0.6 is 0 Å². The molecule has 1 aromatic rings. The third-order valence-electron chi connectivity index (χ3n) is 3.50. The van der Waals surface area contributed by atoms with Gasteiger partial charge in [-0.2, -0.15) is 0 Å². The lowest BCUT2D eigenvalue weighted by atomic mass is 9.98. The molecule has 1 aliphatic rings. The number of carbonyl (C=O) groups is 1. The van der Waals surface area contributed by atoms with Gasteiger partial charge in [-0.1, -0.05) is 30.3 Å².